The summed E-state index contributed by atoms with van der Waals surface area (Å²) in [5, 5.41) is 6.77. The maximum Gasteiger partial charge on any atom is 0.387 e. The first kappa shape index (κ1) is 21.7. The maximum absolute atomic E-state index is 12.7. The lowest BCUT2D eigenvalue weighted by molar-refractivity contribution is -0.0505. The highest BCUT2D eigenvalue weighted by Crippen LogP contribution is 2.27. The van der Waals surface area contributed by atoms with Gasteiger partial charge in [0.2, 0.25) is 0 Å². The van der Waals surface area contributed by atoms with Gasteiger partial charge in [-0.1, -0.05) is 17.7 Å². The van der Waals surface area contributed by atoms with Crippen molar-refractivity contribution in [1.82, 2.24) is 15.6 Å². The van der Waals surface area contributed by atoms with E-state index in [0.29, 0.717) is 35.5 Å². The van der Waals surface area contributed by atoms with Crippen LogP contribution in [0, 0.1) is 0 Å². The minimum atomic E-state index is -2.92. The number of hydrogen-bond donors (Lipinski definition) is 2. The fourth-order valence-corrected chi connectivity index (χ4v) is 2.50. The minimum absolute atomic E-state index is 0.0428. The van der Waals surface area contributed by atoms with E-state index in [4.69, 9.17) is 16.3 Å². The van der Waals surface area contributed by atoms with Gasteiger partial charge in [-0.25, -0.2) is 9.98 Å². The van der Waals surface area contributed by atoms with Crippen molar-refractivity contribution in [3.63, 3.8) is 0 Å². The molecule has 0 saturated carbocycles. The van der Waals surface area contributed by atoms with Crippen LogP contribution in [0.4, 0.5) is 8.78 Å². The van der Waals surface area contributed by atoms with E-state index in [1.807, 2.05) is 13.0 Å². The number of halogens is 3. The number of alkyl halides is 2. The molecule has 152 valence electrons. The van der Waals surface area contributed by atoms with Crippen LogP contribution in [0.1, 0.15) is 18.1 Å². The van der Waals surface area contributed by atoms with Crippen LogP contribution in [-0.4, -0.2) is 37.8 Å². The fourth-order valence-electron chi connectivity index (χ4n) is 2.38. The van der Waals surface area contributed by atoms with Gasteiger partial charge in [-0.05, 0) is 37.1 Å². The Morgan fingerprint density at radius 3 is 2.71 bits per heavy atom. The molecule has 0 amide bonds. The first-order chi connectivity index (χ1) is 13.5. The Balaban J connectivity index is 2.01. The van der Waals surface area contributed by atoms with Gasteiger partial charge in [-0.15, -0.1) is 0 Å². The molecule has 0 fully saturated rings. The molecule has 0 spiro atoms. The predicted molar refractivity (Wildman–Crippen MR) is 105 cm³/mol. The highest BCUT2D eigenvalue weighted by atomic mass is 35.5. The molecule has 0 aliphatic rings. The summed E-state index contributed by atoms with van der Waals surface area (Å²) < 4.78 is 35.0. The van der Waals surface area contributed by atoms with Crippen LogP contribution in [0.25, 0.3) is 0 Å². The van der Waals surface area contributed by atoms with Gasteiger partial charge in [0, 0.05) is 30.9 Å². The second kappa shape index (κ2) is 11.3. The molecule has 0 aliphatic heterocycles. The summed E-state index contributed by atoms with van der Waals surface area (Å²) in [5.74, 6) is 1.05. The summed E-state index contributed by atoms with van der Waals surface area (Å²) in [7, 11) is 1.46. The monoisotopic (exact) mass is 412 g/mol. The fraction of sp³-hybridized carbons (Fsp3) is 0.368. The summed E-state index contributed by atoms with van der Waals surface area (Å²) in [6.07, 6.45) is 2.45. The van der Waals surface area contributed by atoms with Crippen molar-refractivity contribution in [2.75, 3.05) is 20.2 Å². The molecule has 6 nitrogen and oxygen atoms in total. The summed E-state index contributed by atoms with van der Waals surface area (Å²) in [5.41, 5.74) is 1.57. The maximum atomic E-state index is 12.7. The molecule has 9 heteroatoms. The Morgan fingerprint density at radius 2 is 2.07 bits per heavy atom. The molecule has 1 aromatic heterocycles. The molecule has 0 unspecified atom stereocenters. The molecular formula is C19H23ClF2N4O2. The van der Waals surface area contributed by atoms with Crippen molar-refractivity contribution < 1.29 is 18.3 Å². The number of aliphatic imine (C=N–C) groups is 1. The molecule has 1 heterocycles. The van der Waals surface area contributed by atoms with Crippen LogP contribution in [0.15, 0.2) is 41.5 Å². The smallest absolute Gasteiger partial charge is 0.387 e. The van der Waals surface area contributed by atoms with Crippen LogP contribution < -0.4 is 20.1 Å². The van der Waals surface area contributed by atoms with Crippen molar-refractivity contribution in [2.45, 2.75) is 26.5 Å². The Morgan fingerprint density at radius 1 is 1.25 bits per heavy atom. The van der Waals surface area contributed by atoms with Gasteiger partial charge in [-0.3, -0.25) is 0 Å². The number of methoxy groups -OCH3 is 1. The lowest BCUT2D eigenvalue weighted by Crippen LogP contribution is -2.38. The van der Waals surface area contributed by atoms with E-state index in [1.54, 1.807) is 24.4 Å². The predicted octanol–water partition coefficient (Wildman–Crippen LogP) is 3.64. The van der Waals surface area contributed by atoms with E-state index in [1.165, 1.54) is 13.2 Å². The third-order valence-corrected chi connectivity index (χ3v) is 3.96. The van der Waals surface area contributed by atoms with Gasteiger partial charge in [0.05, 0.1) is 13.7 Å². The second-order valence-corrected chi connectivity index (χ2v) is 6.10. The third kappa shape index (κ3) is 7.19. The number of pyridine rings is 1. The Labute approximate surface area is 167 Å². The lowest BCUT2D eigenvalue weighted by Gasteiger charge is -2.13. The summed E-state index contributed by atoms with van der Waals surface area (Å²) >= 11 is 5.78. The largest absolute Gasteiger partial charge is 0.497 e. The van der Waals surface area contributed by atoms with E-state index < -0.39 is 6.61 Å². The average molecular weight is 413 g/mol. The van der Waals surface area contributed by atoms with Gasteiger partial charge in [0.25, 0.3) is 0 Å². The number of aromatic nitrogens is 1. The standard InChI is InChI=1S/C19H23ClF2N4O2/c1-3-23-19(24-9-8-13-4-7-17(20)25-11-13)26-12-14-5-6-15(27-2)10-16(14)28-18(21)22/h4-7,10-11,18H,3,8-9,12H2,1-2H3,(H2,23,24,26). The molecule has 0 radical (unpaired) electrons. The van der Waals surface area contributed by atoms with Crippen LogP contribution in [-0.2, 0) is 13.0 Å². The number of guanidine groups is 1. The molecular weight excluding hydrogens is 390 g/mol. The number of nitrogens with zero attached hydrogens (tertiary/aromatic N) is 2. The van der Waals surface area contributed by atoms with E-state index in [0.717, 1.165) is 12.0 Å². The van der Waals surface area contributed by atoms with Gasteiger partial charge < -0.3 is 20.1 Å². The van der Waals surface area contributed by atoms with E-state index in [9.17, 15) is 8.78 Å². The molecule has 2 aromatic rings. The number of benzene rings is 1. The van der Waals surface area contributed by atoms with Crippen molar-refractivity contribution in [3.8, 4) is 11.5 Å². The first-order valence-corrected chi connectivity index (χ1v) is 9.14. The number of rotatable bonds is 9. The van der Waals surface area contributed by atoms with Crippen molar-refractivity contribution in [1.29, 1.82) is 0 Å². The highest BCUT2D eigenvalue weighted by Gasteiger charge is 2.11. The van der Waals surface area contributed by atoms with Gasteiger partial charge >= 0.3 is 6.61 Å². The SMILES string of the molecule is CCNC(=NCc1ccc(OC)cc1OC(F)F)NCCc1ccc(Cl)nc1. The molecule has 0 bridgehead atoms. The topological polar surface area (TPSA) is 67.8 Å². The Bertz CT molecular complexity index is 773. The number of nitrogens with one attached hydrogen (secondary N) is 2. The molecule has 2 N–H and O–H groups in total. The van der Waals surface area contributed by atoms with E-state index in [2.05, 4.69) is 25.3 Å². The van der Waals surface area contributed by atoms with Crippen molar-refractivity contribution in [3.05, 3.63) is 52.8 Å². The second-order valence-electron chi connectivity index (χ2n) is 5.71. The normalized spacial score (nSPS) is 11.4. The third-order valence-electron chi connectivity index (χ3n) is 3.74. The number of ether oxygens (including phenoxy) is 2. The molecule has 0 atom stereocenters. The van der Waals surface area contributed by atoms with Gasteiger partial charge in [-0.2, -0.15) is 8.78 Å². The molecule has 0 saturated heterocycles. The molecule has 1 aromatic carbocycles. The molecule has 0 aliphatic carbocycles. The average Bonchev–Trinajstić information content (AvgIpc) is 2.67. The number of hydrogen-bond acceptors (Lipinski definition) is 4. The zero-order valence-corrected chi connectivity index (χ0v) is 16.5. The van der Waals surface area contributed by atoms with Crippen molar-refractivity contribution in [2.24, 2.45) is 4.99 Å². The van der Waals surface area contributed by atoms with E-state index in [-0.39, 0.29) is 12.3 Å². The van der Waals surface area contributed by atoms with E-state index >= 15 is 0 Å². The lowest BCUT2D eigenvalue weighted by atomic mass is 10.2. The van der Waals surface area contributed by atoms with Crippen LogP contribution in [0.5, 0.6) is 11.5 Å². The summed E-state index contributed by atoms with van der Waals surface area (Å²) in [4.78, 5) is 8.49. The van der Waals surface area contributed by atoms with Gasteiger partial charge in [0.1, 0.15) is 16.7 Å². The first-order valence-electron chi connectivity index (χ1n) is 8.76. The Kier molecular flexibility index (Phi) is 8.74. The molecule has 2 rings (SSSR count). The van der Waals surface area contributed by atoms with Crippen LogP contribution in [0.2, 0.25) is 5.15 Å². The molecule has 28 heavy (non-hydrogen) atoms. The Hall–Kier alpha value is -2.61. The highest BCUT2D eigenvalue weighted by molar-refractivity contribution is 6.29. The minimum Gasteiger partial charge on any atom is -0.497 e. The quantitative estimate of drug-likeness (QED) is 0.374. The summed E-state index contributed by atoms with van der Waals surface area (Å²) in [6.45, 7) is 0.479. The van der Waals surface area contributed by atoms with Crippen LogP contribution >= 0.6 is 11.6 Å². The van der Waals surface area contributed by atoms with Crippen LogP contribution in [0.3, 0.4) is 0 Å². The summed E-state index contributed by atoms with van der Waals surface area (Å²) in [6, 6.07) is 8.40. The van der Waals surface area contributed by atoms with Crippen molar-refractivity contribution >= 4 is 17.6 Å². The zero-order valence-electron chi connectivity index (χ0n) is 15.7. The zero-order chi connectivity index (χ0) is 20.4. The van der Waals surface area contributed by atoms with Gasteiger partial charge in [0.15, 0.2) is 5.96 Å².